The summed E-state index contributed by atoms with van der Waals surface area (Å²) in [5, 5.41) is 5.22. The molecule has 1 aromatic carbocycles. The molecular formula is C16H19ClN4. The highest BCUT2D eigenvalue weighted by Crippen LogP contribution is 2.40. The van der Waals surface area contributed by atoms with Crippen molar-refractivity contribution < 1.29 is 0 Å². The highest BCUT2D eigenvalue weighted by molar-refractivity contribution is 6.31. The molecule has 0 bridgehead atoms. The third-order valence-corrected chi connectivity index (χ3v) is 5.29. The summed E-state index contributed by atoms with van der Waals surface area (Å²) in [5.74, 6) is 0. The molecule has 110 valence electrons. The molecule has 0 radical (unpaired) electrons. The van der Waals surface area contributed by atoms with Gasteiger partial charge in [-0.1, -0.05) is 23.7 Å². The number of likely N-dealkylation sites (tertiary alicyclic amines) is 1. The van der Waals surface area contributed by atoms with Crippen molar-refractivity contribution in [3.8, 4) is 0 Å². The van der Waals surface area contributed by atoms with Crippen LogP contribution in [0.2, 0.25) is 5.02 Å². The van der Waals surface area contributed by atoms with Gasteiger partial charge in [-0.3, -0.25) is 4.90 Å². The highest BCUT2D eigenvalue weighted by atomic mass is 35.5. The normalized spacial score (nSPS) is 23.4. The van der Waals surface area contributed by atoms with Gasteiger partial charge in [-0.15, -0.1) is 0 Å². The summed E-state index contributed by atoms with van der Waals surface area (Å²) in [5.41, 5.74) is 2.81. The van der Waals surface area contributed by atoms with Gasteiger partial charge in [-0.25, -0.2) is 9.67 Å². The van der Waals surface area contributed by atoms with Gasteiger partial charge in [-0.2, -0.15) is 5.10 Å². The number of rotatable bonds is 2. The lowest BCUT2D eigenvalue weighted by atomic mass is 10.0. The van der Waals surface area contributed by atoms with Gasteiger partial charge >= 0.3 is 0 Å². The average molecular weight is 303 g/mol. The van der Waals surface area contributed by atoms with Crippen LogP contribution >= 0.6 is 11.6 Å². The molecule has 1 aliphatic heterocycles. The molecular weight excluding hydrogens is 284 g/mol. The second-order valence-electron chi connectivity index (χ2n) is 6.00. The Balaban J connectivity index is 1.47. The molecule has 2 aromatic rings. The minimum Gasteiger partial charge on any atom is -0.296 e. The van der Waals surface area contributed by atoms with Crippen molar-refractivity contribution in [1.82, 2.24) is 19.7 Å². The van der Waals surface area contributed by atoms with Gasteiger partial charge in [0.25, 0.3) is 0 Å². The molecule has 0 unspecified atom stereocenters. The number of hydrogen-bond acceptors (Lipinski definition) is 3. The van der Waals surface area contributed by atoms with Crippen molar-refractivity contribution in [1.29, 1.82) is 0 Å². The molecule has 0 amide bonds. The van der Waals surface area contributed by atoms with Gasteiger partial charge in [0.2, 0.25) is 0 Å². The topological polar surface area (TPSA) is 34.0 Å². The smallest absolute Gasteiger partial charge is 0.137 e. The first-order valence-corrected chi connectivity index (χ1v) is 8.06. The summed E-state index contributed by atoms with van der Waals surface area (Å²) in [6, 6.07) is 7.41. The summed E-state index contributed by atoms with van der Waals surface area (Å²) in [6.45, 7) is 2.25. The van der Waals surface area contributed by atoms with Crippen LogP contribution in [0.5, 0.6) is 0 Å². The largest absolute Gasteiger partial charge is 0.296 e. The van der Waals surface area contributed by atoms with Crippen molar-refractivity contribution >= 4 is 11.6 Å². The second kappa shape index (κ2) is 5.43. The van der Waals surface area contributed by atoms with E-state index < -0.39 is 0 Å². The van der Waals surface area contributed by atoms with Gasteiger partial charge in [-0.05, 0) is 42.9 Å². The van der Waals surface area contributed by atoms with Gasteiger partial charge in [0.1, 0.15) is 12.7 Å². The number of piperidine rings is 1. The lowest BCUT2D eigenvalue weighted by molar-refractivity contribution is 0.130. The van der Waals surface area contributed by atoms with Gasteiger partial charge in [0.15, 0.2) is 0 Å². The third kappa shape index (κ3) is 2.36. The van der Waals surface area contributed by atoms with Crippen LogP contribution in [-0.4, -0.2) is 32.8 Å². The van der Waals surface area contributed by atoms with E-state index in [9.17, 15) is 0 Å². The molecule has 1 aliphatic carbocycles. The van der Waals surface area contributed by atoms with E-state index in [2.05, 4.69) is 27.1 Å². The van der Waals surface area contributed by atoms with Crippen LogP contribution in [0.15, 0.2) is 30.9 Å². The molecule has 2 heterocycles. The molecule has 4 nitrogen and oxygen atoms in total. The summed E-state index contributed by atoms with van der Waals surface area (Å²) < 4.78 is 2.01. The standard InChI is InChI=1S/C16H19ClN4/c17-15-3-1-2-14-13(15)4-5-16(14)20-8-6-12(7-9-20)21-11-18-10-19-21/h1-3,10-12,16H,4-9H2/t16-/m0/s1. The zero-order chi connectivity index (χ0) is 14.2. The molecule has 2 aliphatic rings. The lowest BCUT2D eigenvalue weighted by Gasteiger charge is -2.36. The Bertz CT molecular complexity index is 617. The quantitative estimate of drug-likeness (QED) is 0.854. The Morgan fingerprint density at radius 3 is 2.76 bits per heavy atom. The fourth-order valence-corrected chi connectivity index (χ4v) is 4.11. The second-order valence-corrected chi connectivity index (χ2v) is 6.41. The van der Waals surface area contributed by atoms with Crippen molar-refractivity contribution in [2.75, 3.05) is 13.1 Å². The highest BCUT2D eigenvalue weighted by Gasteiger charge is 2.32. The van der Waals surface area contributed by atoms with Crippen LogP contribution in [0.1, 0.15) is 42.5 Å². The number of hydrogen-bond donors (Lipinski definition) is 0. The first kappa shape index (κ1) is 13.3. The van der Waals surface area contributed by atoms with Crippen molar-refractivity contribution in [3.63, 3.8) is 0 Å². The van der Waals surface area contributed by atoms with Gasteiger partial charge < -0.3 is 0 Å². The van der Waals surface area contributed by atoms with Crippen LogP contribution < -0.4 is 0 Å². The van der Waals surface area contributed by atoms with E-state index in [0.717, 1.165) is 37.4 Å². The Morgan fingerprint density at radius 1 is 1.14 bits per heavy atom. The lowest BCUT2D eigenvalue weighted by Crippen LogP contribution is -2.36. The van der Waals surface area contributed by atoms with E-state index in [1.807, 2.05) is 17.1 Å². The molecule has 0 N–H and O–H groups in total. The van der Waals surface area contributed by atoms with Crippen LogP contribution in [0, 0.1) is 0 Å². The molecule has 21 heavy (non-hydrogen) atoms. The van der Waals surface area contributed by atoms with E-state index in [-0.39, 0.29) is 0 Å². The zero-order valence-electron chi connectivity index (χ0n) is 12.0. The number of benzene rings is 1. The minimum atomic E-state index is 0.504. The first-order valence-electron chi connectivity index (χ1n) is 7.68. The van der Waals surface area contributed by atoms with Crippen LogP contribution in [0.3, 0.4) is 0 Å². The molecule has 1 fully saturated rings. The van der Waals surface area contributed by atoms with Crippen molar-refractivity contribution in [3.05, 3.63) is 47.0 Å². The van der Waals surface area contributed by atoms with E-state index in [1.165, 1.54) is 17.5 Å². The van der Waals surface area contributed by atoms with Crippen LogP contribution in [-0.2, 0) is 6.42 Å². The monoisotopic (exact) mass is 302 g/mol. The Morgan fingerprint density at radius 2 is 2.00 bits per heavy atom. The molecule has 5 heteroatoms. The SMILES string of the molecule is Clc1cccc2c1CC[C@@H]2N1CCC(n2cncn2)CC1. The number of fused-ring (bicyclic) bond motifs is 1. The van der Waals surface area contributed by atoms with E-state index in [4.69, 9.17) is 11.6 Å². The number of halogens is 1. The molecule has 1 atom stereocenters. The van der Waals surface area contributed by atoms with Gasteiger partial charge in [0, 0.05) is 24.2 Å². The average Bonchev–Trinajstić information content (AvgIpc) is 3.18. The van der Waals surface area contributed by atoms with E-state index in [1.54, 1.807) is 6.33 Å². The van der Waals surface area contributed by atoms with E-state index >= 15 is 0 Å². The molecule has 4 rings (SSSR count). The van der Waals surface area contributed by atoms with Crippen molar-refractivity contribution in [2.45, 2.75) is 37.8 Å². The van der Waals surface area contributed by atoms with Gasteiger partial charge in [0.05, 0.1) is 6.04 Å². The summed E-state index contributed by atoms with van der Waals surface area (Å²) in [4.78, 5) is 6.68. The molecule has 0 spiro atoms. The fraction of sp³-hybridized carbons (Fsp3) is 0.500. The third-order valence-electron chi connectivity index (χ3n) is 4.93. The maximum atomic E-state index is 6.33. The van der Waals surface area contributed by atoms with Crippen LogP contribution in [0.25, 0.3) is 0 Å². The molecule has 1 saturated heterocycles. The molecule has 1 aromatic heterocycles. The fourth-order valence-electron chi connectivity index (χ4n) is 3.84. The van der Waals surface area contributed by atoms with E-state index in [0.29, 0.717) is 12.1 Å². The Labute approximate surface area is 129 Å². The Kier molecular flexibility index (Phi) is 3.43. The molecule has 0 saturated carbocycles. The Hall–Kier alpha value is -1.39. The zero-order valence-corrected chi connectivity index (χ0v) is 12.7. The predicted octanol–water partition coefficient (Wildman–Crippen LogP) is 3.26. The van der Waals surface area contributed by atoms with Crippen LogP contribution in [0.4, 0.5) is 0 Å². The summed E-state index contributed by atoms with van der Waals surface area (Å²) in [7, 11) is 0. The number of aromatic nitrogens is 3. The predicted molar refractivity (Wildman–Crippen MR) is 82.4 cm³/mol. The first-order chi connectivity index (χ1) is 10.3. The summed E-state index contributed by atoms with van der Waals surface area (Å²) >= 11 is 6.33. The maximum absolute atomic E-state index is 6.33. The minimum absolute atomic E-state index is 0.504. The maximum Gasteiger partial charge on any atom is 0.137 e. The number of nitrogens with zero attached hydrogens (tertiary/aromatic N) is 4. The summed E-state index contributed by atoms with van der Waals surface area (Å²) in [6.07, 6.45) is 8.08. The van der Waals surface area contributed by atoms with Crippen molar-refractivity contribution in [2.24, 2.45) is 0 Å².